The molecule has 68 valence electrons. The first-order valence-corrected chi connectivity index (χ1v) is 4.53. The lowest BCUT2D eigenvalue weighted by atomic mass is 9.73. The van der Waals surface area contributed by atoms with Crippen molar-refractivity contribution in [2.75, 3.05) is 6.54 Å². The van der Waals surface area contributed by atoms with Crippen LogP contribution in [0.5, 0.6) is 0 Å². The third kappa shape index (κ3) is 4.41. The van der Waals surface area contributed by atoms with E-state index in [0.29, 0.717) is 10.8 Å². The van der Waals surface area contributed by atoms with Gasteiger partial charge in [0.25, 0.3) is 0 Å². The Balaban J connectivity index is 4.08. The van der Waals surface area contributed by atoms with Crippen LogP contribution in [0.25, 0.3) is 0 Å². The zero-order chi connectivity index (χ0) is 9.12. The molecule has 0 saturated carbocycles. The molecule has 11 heavy (non-hydrogen) atoms. The van der Waals surface area contributed by atoms with E-state index < -0.39 is 0 Å². The molecule has 1 heteroatoms. The maximum Gasteiger partial charge on any atom is -0.00231 e. The maximum absolute atomic E-state index is 5.72. The molecule has 2 N–H and O–H groups in total. The van der Waals surface area contributed by atoms with E-state index in [4.69, 9.17) is 5.73 Å². The first-order chi connectivity index (χ1) is 4.83. The Bertz CT molecular complexity index is 107. The predicted molar refractivity (Wildman–Crippen MR) is 51.5 cm³/mol. The van der Waals surface area contributed by atoms with Crippen LogP contribution in [0.15, 0.2) is 0 Å². The number of hydrogen-bond donors (Lipinski definition) is 1. The SMILES string of the molecule is CCC(C)(CN)CC(C)(C)C. The van der Waals surface area contributed by atoms with Gasteiger partial charge in [-0.25, -0.2) is 0 Å². The van der Waals surface area contributed by atoms with Crippen LogP contribution in [0.1, 0.15) is 47.5 Å². The summed E-state index contributed by atoms with van der Waals surface area (Å²) in [4.78, 5) is 0. The minimum atomic E-state index is 0.345. The van der Waals surface area contributed by atoms with E-state index in [1.54, 1.807) is 0 Å². The van der Waals surface area contributed by atoms with Crippen LogP contribution in [0.4, 0.5) is 0 Å². The van der Waals surface area contributed by atoms with Gasteiger partial charge in [-0.2, -0.15) is 0 Å². The van der Waals surface area contributed by atoms with Gasteiger partial charge in [0.1, 0.15) is 0 Å². The highest BCUT2D eigenvalue weighted by molar-refractivity contribution is 4.79. The Labute approximate surface area is 71.4 Å². The molecule has 0 fully saturated rings. The zero-order valence-electron chi connectivity index (χ0n) is 8.70. The van der Waals surface area contributed by atoms with E-state index in [1.807, 2.05) is 0 Å². The van der Waals surface area contributed by atoms with Crippen molar-refractivity contribution < 1.29 is 0 Å². The predicted octanol–water partition coefficient (Wildman–Crippen LogP) is 2.80. The van der Waals surface area contributed by atoms with Crippen LogP contribution in [-0.4, -0.2) is 6.54 Å². The van der Waals surface area contributed by atoms with Crippen molar-refractivity contribution in [2.24, 2.45) is 16.6 Å². The van der Waals surface area contributed by atoms with Gasteiger partial charge >= 0.3 is 0 Å². The smallest absolute Gasteiger partial charge is 0.00231 e. The van der Waals surface area contributed by atoms with E-state index in [2.05, 4.69) is 34.6 Å². The highest BCUT2D eigenvalue weighted by atomic mass is 14.6. The molecule has 0 saturated heterocycles. The third-order valence-electron chi connectivity index (χ3n) is 2.30. The van der Waals surface area contributed by atoms with Crippen molar-refractivity contribution in [3.63, 3.8) is 0 Å². The van der Waals surface area contributed by atoms with Crippen molar-refractivity contribution in [1.82, 2.24) is 0 Å². The molecule has 0 rings (SSSR count). The first kappa shape index (κ1) is 11.0. The minimum Gasteiger partial charge on any atom is -0.330 e. The molecule has 1 atom stereocenters. The average Bonchev–Trinajstić information content (AvgIpc) is 1.84. The Kier molecular flexibility index (Phi) is 3.56. The van der Waals surface area contributed by atoms with Crippen LogP contribution >= 0.6 is 0 Å². The van der Waals surface area contributed by atoms with Gasteiger partial charge in [-0.3, -0.25) is 0 Å². The van der Waals surface area contributed by atoms with Crippen LogP contribution < -0.4 is 5.73 Å². The molecule has 1 nitrogen and oxygen atoms in total. The molecule has 0 bridgehead atoms. The Hall–Kier alpha value is -0.0400. The van der Waals surface area contributed by atoms with E-state index in [9.17, 15) is 0 Å². The molecule has 0 aliphatic rings. The Morgan fingerprint density at radius 2 is 1.55 bits per heavy atom. The van der Waals surface area contributed by atoms with Crippen molar-refractivity contribution in [2.45, 2.75) is 47.5 Å². The lowest BCUT2D eigenvalue weighted by molar-refractivity contribution is 0.192. The topological polar surface area (TPSA) is 26.0 Å². The molecule has 0 aliphatic heterocycles. The highest BCUT2D eigenvalue weighted by Crippen LogP contribution is 2.34. The number of rotatable bonds is 3. The quantitative estimate of drug-likeness (QED) is 0.670. The lowest BCUT2D eigenvalue weighted by Crippen LogP contribution is -2.31. The van der Waals surface area contributed by atoms with Gasteiger partial charge in [0.2, 0.25) is 0 Å². The molecule has 0 aromatic rings. The van der Waals surface area contributed by atoms with Crippen LogP contribution in [0.3, 0.4) is 0 Å². The summed E-state index contributed by atoms with van der Waals surface area (Å²) >= 11 is 0. The van der Waals surface area contributed by atoms with Gasteiger partial charge in [-0.05, 0) is 30.2 Å². The van der Waals surface area contributed by atoms with E-state index in [-0.39, 0.29) is 0 Å². The van der Waals surface area contributed by atoms with Gasteiger partial charge in [0.05, 0.1) is 0 Å². The van der Waals surface area contributed by atoms with Gasteiger partial charge in [-0.1, -0.05) is 34.6 Å². The van der Waals surface area contributed by atoms with Crippen molar-refractivity contribution in [3.05, 3.63) is 0 Å². The maximum atomic E-state index is 5.72. The van der Waals surface area contributed by atoms with Crippen molar-refractivity contribution in [3.8, 4) is 0 Å². The van der Waals surface area contributed by atoms with Crippen LogP contribution in [0, 0.1) is 10.8 Å². The molecule has 0 spiro atoms. The standard InChI is InChI=1S/C10H23N/c1-6-10(5,8-11)7-9(2,3)4/h6-8,11H2,1-5H3. The van der Waals surface area contributed by atoms with E-state index >= 15 is 0 Å². The molecule has 0 radical (unpaired) electrons. The third-order valence-corrected chi connectivity index (χ3v) is 2.30. The summed E-state index contributed by atoms with van der Waals surface area (Å²) in [6.07, 6.45) is 2.40. The van der Waals surface area contributed by atoms with Crippen molar-refractivity contribution >= 4 is 0 Å². The van der Waals surface area contributed by atoms with Gasteiger partial charge in [0, 0.05) is 0 Å². The Morgan fingerprint density at radius 3 is 1.64 bits per heavy atom. The molecule has 1 unspecified atom stereocenters. The average molecular weight is 157 g/mol. The molecule has 0 aliphatic carbocycles. The molecule has 0 amide bonds. The molecular weight excluding hydrogens is 134 g/mol. The van der Waals surface area contributed by atoms with Crippen LogP contribution in [-0.2, 0) is 0 Å². The highest BCUT2D eigenvalue weighted by Gasteiger charge is 2.26. The van der Waals surface area contributed by atoms with Crippen molar-refractivity contribution in [1.29, 1.82) is 0 Å². The fourth-order valence-electron chi connectivity index (χ4n) is 1.62. The van der Waals surface area contributed by atoms with Gasteiger partial charge < -0.3 is 5.73 Å². The lowest BCUT2D eigenvalue weighted by Gasteiger charge is -2.33. The van der Waals surface area contributed by atoms with Gasteiger partial charge in [0.15, 0.2) is 0 Å². The summed E-state index contributed by atoms with van der Waals surface area (Å²) in [6.45, 7) is 12.1. The molecule has 0 aromatic heterocycles. The van der Waals surface area contributed by atoms with Gasteiger partial charge in [-0.15, -0.1) is 0 Å². The summed E-state index contributed by atoms with van der Waals surface area (Å²) < 4.78 is 0. The molecule has 0 heterocycles. The zero-order valence-corrected chi connectivity index (χ0v) is 8.70. The fourth-order valence-corrected chi connectivity index (χ4v) is 1.62. The normalized spacial score (nSPS) is 18.0. The first-order valence-electron chi connectivity index (χ1n) is 4.53. The summed E-state index contributed by atoms with van der Waals surface area (Å²) in [7, 11) is 0. The minimum absolute atomic E-state index is 0.345. The number of nitrogens with two attached hydrogens (primary N) is 1. The monoisotopic (exact) mass is 157 g/mol. The summed E-state index contributed by atoms with van der Waals surface area (Å²) in [5.41, 5.74) is 6.48. The summed E-state index contributed by atoms with van der Waals surface area (Å²) in [6, 6.07) is 0. The van der Waals surface area contributed by atoms with E-state index in [0.717, 1.165) is 6.54 Å². The van der Waals surface area contributed by atoms with Crippen LogP contribution in [0.2, 0.25) is 0 Å². The summed E-state index contributed by atoms with van der Waals surface area (Å²) in [5, 5.41) is 0. The number of hydrogen-bond acceptors (Lipinski definition) is 1. The second kappa shape index (κ2) is 3.57. The fraction of sp³-hybridized carbons (Fsp3) is 1.00. The molecule has 0 aromatic carbocycles. The van der Waals surface area contributed by atoms with E-state index in [1.165, 1.54) is 12.8 Å². The second-order valence-corrected chi connectivity index (χ2v) is 5.11. The largest absolute Gasteiger partial charge is 0.330 e. The summed E-state index contributed by atoms with van der Waals surface area (Å²) in [5.74, 6) is 0. The second-order valence-electron chi connectivity index (χ2n) is 5.11. The molecular formula is C10H23N. The Morgan fingerprint density at radius 1 is 1.09 bits per heavy atom.